The molecule has 1 aliphatic carbocycles. The van der Waals surface area contributed by atoms with E-state index in [2.05, 4.69) is 15.3 Å². The first-order valence-electron chi connectivity index (χ1n) is 8.29. The highest BCUT2D eigenvalue weighted by Gasteiger charge is 2.26. The molecule has 0 bridgehead atoms. The normalized spacial score (nSPS) is 15.8. The summed E-state index contributed by atoms with van der Waals surface area (Å²) in [7, 11) is 0. The van der Waals surface area contributed by atoms with Crippen LogP contribution in [0.1, 0.15) is 49.6 Å². The van der Waals surface area contributed by atoms with Crippen molar-refractivity contribution in [2.45, 2.75) is 44.9 Å². The van der Waals surface area contributed by atoms with E-state index >= 15 is 0 Å². The fourth-order valence-electron chi connectivity index (χ4n) is 3.32. The molecule has 6 heteroatoms. The Morgan fingerprint density at radius 3 is 2.62 bits per heavy atom. The molecule has 0 radical (unpaired) electrons. The van der Waals surface area contributed by atoms with E-state index in [-0.39, 0.29) is 0 Å². The smallest absolute Gasteiger partial charge is 0.263 e. The van der Waals surface area contributed by atoms with Crippen LogP contribution in [-0.2, 0) is 0 Å². The van der Waals surface area contributed by atoms with Gasteiger partial charge in [0.15, 0.2) is 5.82 Å². The quantitative estimate of drug-likeness (QED) is 0.636. The zero-order valence-electron chi connectivity index (χ0n) is 13.5. The standard InChI is InChI=1S/C18H18ClN3O2/c1-11-15(16(21-23-11)13-9-5-6-10-14(13)19)18-20-17(22-24-18)12-7-3-2-4-8-12/h5-6,9-10,12H,2-4,7-8H2,1H3. The number of hydrogen-bond acceptors (Lipinski definition) is 5. The second-order valence-electron chi connectivity index (χ2n) is 6.23. The Kier molecular flexibility index (Phi) is 4.10. The predicted octanol–water partition coefficient (Wildman–Crippen LogP) is 5.40. The number of hydrogen-bond donors (Lipinski definition) is 0. The molecule has 0 aliphatic heterocycles. The fourth-order valence-corrected chi connectivity index (χ4v) is 3.55. The SMILES string of the molecule is Cc1onc(-c2ccccc2Cl)c1-c1nc(C2CCCCC2)no1. The largest absolute Gasteiger partial charge is 0.360 e. The van der Waals surface area contributed by atoms with Crippen LogP contribution in [0.3, 0.4) is 0 Å². The van der Waals surface area contributed by atoms with Crippen molar-refractivity contribution in [3.8, 4) is 22.7 Å². The van der Waals surface area contributed by atoms with Crippen molar-refractivity contribution in [3.63, 3.8) is 0 Å². The summed E-state index contributed by atoms with van der Waals surface area (Å²) in [5, 5.41) is 8.97. The Hall–Kier alpha value is -2.14. The van der Waals surface area contributed by atoms with Crippen LogP contribution in [0.2, 0.25) is 5.02 Å². The Labute approximate surface area is 145 Å². The van der Waals surface area contributed by atoms with Crippen LogP contribution in [0.5, 0.6) is 0 Å². The maximum Gasteiger partial charge on any atom is 0.263 e. The van der Waals surface area contributed by atoms with Gasteiger partial charge in [-0.1, -0.05) is 59.4 Å². The van der Waals surface area contributed by atoms with E-state index < -0.39 is 0 Å². The first kappa shape index (κ1) is 15.4. The summed E-state index contributed by atoms with van der Waals surface area (Å²) in [6.45, 7) is 1.84. The maximum atomic E-state index is 6.31. The first-order chi connectivity index (χ1) is 11.7. The molecule has 0 unspecified atom stereocenters. The van der Waals surface area contributed by atoms with Crippen molar-refractivity contribution < 1.29 is 9.05 Å². The van der Waals surface area contributed by atoms with E-state index in [1.165, 1.54) is 19.3 Å². The van der Waals surface area contributed by atoms with E-state index in [4.69, 9.17) is 20.6 Å². The lowest BCUT2D eigenvalue weighted by molar-refractivity contribution is 0.383. The molecule has 24 heavy (non-hydrogen) atoms. The third kappa shape index (κ3) is 2.73. The maximum absolute atomic E-state index is 6.31. The molecule has 0 atom stereocenters. The molecule has 124 valence electrons. The number of benzene rings is 1. The van der Waals surface area contributed by atoms with Crippen LogP contribution in [0.15, 0.2) is 33.3 Å². The van der Waals surface area contributed by atoms with Crippen molar-refractivity contribution in [2.24, 2.45) is 0 Å². The van der Waals surface area contributed by atoms with Gasteiger partial charge in [-0.25, -0.2) is 0 Å². The van der Waals surface area contributed by atoms with E-state index in [0.717, 1.165) is 29.8 Å². The predicted molar refractivity (Wildman–Crippen MR) is 90.8 cm³/mol. The molecule has 2 heterocycles. The molecular formula is C18H18ClN3O2. The van der Waals surface area contributed by atoms with Crippen molar-refractivity contribution in [1.82, 2.24) is 15.3 Å². The Bertz CT molecular complexity index is 850. The van der Waals surface area contributed by atoms with Gasteiger partial charge in [0, 0.05) is 11.5 Å². The summed E-state index contributed by atoms with van der Waals surface area (Å²) in [5.41, 5.74) is 2.15. The van der Waals surface area contributed by atoms with Gasteiger partial charge in [0.05, 0.1) is 5.02 Å². The minimum atomic E-state index is 0.389. The average Bonchev–Trinajstić information content (AvgIpc) is 3.23. The Balaban J connectivity index is 1.74. The highest BCUT2D eigenvalue weighted by Crippen LogP contribution is 2.38. The second-order valence-corrected chi connectivity index (χ2v) is 6.64. The van der Waals surface area contributed by atoms with Crippen LogP contribution < -0.4 is 0 Å². The minimum absolute atomic E-state index is 0.389. The molecule has 3 aromatic rings. The number of aryl methyl sites for hydroxylation is 1. The lowest BCUT2D eigenvalue weighted by Gasteiger charge is -2.17. The molecule has 1 fully saturated rings. The van der Waals surface area contributed by atoms with Gasteiger partial charge in [-0.05, 0) is 25.8 Å². The molecule has 4 rings (SSSR count). The van der Waals surface area contributed by atoms with E-state index in [1.54, 1.807) is 0 Å². The molecule has 1 saturated carbocycles. The third-order valence-electron chi connectivity index (χ3n) is 4.62. The number of nitrogens with zero attached hydrogens (tertiary/aromatic N) is 3. The van der Waals surface area contributed by atoms with Crippen LogP contribution >= 0.6 is 11.6 Å². The van der Waals surface area contributed by atoms with E-state index in [1.807, 2.05) is 31.2 Å². The van der Waals surface area contributed by atoms with Crippen LogP contribution in [0.4, 0.5) is 0 Å². The molecular weight excluding hydrogens is 326 g/mol. The summed E-state index contributed by atoms with van der Waals surface area (Å²) in [5.74, 6) is 2.27. The highest BCUT2D eigenvalue weighted by molar-refractivity contribution is 6.33. The number of rotatable bonds is 3. The highest BCUT2D eigenvalue weighted by atomic mass is 35.5. The number of aromatic nitrogens is 3. The molecule has 0 N–H and O–H groups in total. The molecule has 0 amide bonds. The third-order valence-corrected chi connectivity index (χ3v) is 4.95. The zero-order chi connectivity index (χ0) is 16.5. The summed E-state index contributed by atoms with van der Waals surface area (Å²) in [6, 6.07) is 7.52. The molecule has 1 aromatic carbocycles. The summed E-state index contributed by atoms with van der Waals surface area (Å²) in [4.78, 5) is 4.63. The minimum Gasteiger partial charge on any atom is -0.360 e. The van der Waals surface area contributed by atoms with Gasteiger partial charge in [0.2, 0.25) is 0 Å². The monoisotopic (exact) mass is 343 g/mol. The zero-order valence-corrected chi connectivity index (χ0v) is 14.2. The van der Waals surface area contributed by atoms with Crippen molar-refractivity contribution in [2.75, 3.05) is 0 Å². The van der Waals surface area contributed by atoms with Gasteiger partial charge in [-0.2, -0.15) is 4.98 Å². The molecule has 1 aliphatic rings. The van der Waals surface area contributed by atoms with E-state index in [9.17, 15) is 0 Å². The summed E-state index contributed by atoms with van der Waals surface area (Å²) >= 11 is 6.31. The van der Waals surface area contributed by atoms with Gasteiger partial charge in [-0.15, -0.1) is 0 Å². The average molecular weight is 344 g/mol. The molecule has 0 spiro atoms. The van der Waals surface area contributed by atoms with Crippen molar-refractivity contribution >= 4 is 11.6 Å². The lowest BCUT2D eigenvalue weighted by atomic mass is 9.89. The summed E-state index contributed by atoms with van der Waals surface area (Å²) in [6.07, 6.45) is 6.00. The van der Waals surface area contributed by atoms with Gasteiger partial charge in [0.25, 0.3) is 5.89 Å². The van der Waals surface area contributed by atoms with Crippen molar-refractivity contribution in [1.29, 1.82) is 0 Å². The molecule has 2 aromatic heterocycles. The summed E-state index contributed by atoms with van der Waals surface area (Å²) < 4.78 is 10.9. The van der Waals surface area contributed by atoms with Gasteiger partial charge in [0.1, 0.15) is 17.0 Å². The topological polar surface area (TPSA) is 65.0 Å². The van der Waals surface area contributed by atoms with Gasteiger partial charge in [-0.3, -0.25) is 0 Å². The van der Waals surface area contributed by atoms with Gasteiger partial charge >= 0.3 is 0 Å². The second kappa shape index (κ2) is 6.40. The van der Waals surface area contributed by atoms with E-state index in [0.29, 0.717) is 28.3 Å². The van der Waals surface area contributed by atoms with Crippen LogP contribution in [0.25, 0.3) is 22.7 Å². The lowest BCUT2D eigenvalue weighted by Crippen LogP contribution is -2.06. The van der Waals surface area contributed by atoms with Crippen molar-refractivity contribution in [3.05, 3.63) is 40.9 Å². The Morgan fingerprint density at radius 2 is 1.83 bits per heavy atom. The van der Waals surface area contributed by atoms with Crippen LogP contribution in [0, 0.1) is 6.92 Å². The molecule has 0 saturated heterocycles. The molecule has 5 nitrogen and oxygen atoms in total. The van der Waals surface area contributed by atoms with Crippen LogP contribution in [-0.4, -0.2) is 15.3 Å². The number of halogens is 1. The van der Waals surface area contributed by atoms with Gasteiger partial charge < -0.3 is 9.05 Å². The Morgan fingerprint density at radius 1 is 1.04 bits per heavy atom. The first-order valence-corrected chi connectivity index (χ1v) is 8.67. The fraction of sp³-hybridized carbons (Fsp3) is 0.389.